The number of esters is 1. The summed E-state index contributed by atoms with van der Waals surface area (Å²) in [4.78, 5) is 15.0. The van der Waals surface area contributed by atoms with Crippen LogP contribution < -0.4 is 0 Å². The summed E-state index contributed by atoms with van der Waals surface area (Å²) >= 11 is 0. The van der Waals surface area contributed by atoms with Gasteiger partial charge in [0.15, 0.2) is 0 Å². The third-order valence-electron chi connectivity index (χ3n) is 2.14. The summed E-state index contributed by atoms with van der Waals surface area (Å²) in [5, 5.41) is 0. The maximum Gasteiger partial charge on any atom is 0.416 e. The molecule has 18 heavy (non-hydrogen) atoms. The van der Waals surface area contributed by atoms with Crippen molar-refractivity contribution >= 4 is 17.4 Å². The lowest BCUT2D eigenvalue weighted by Gasteiger charge is -2.06. The molecule has 0 saturated heterocycles. The van der Waals surface area contributed by atoms with Gasteiger partial charge in [-0.3, -0.25) is 9.79 Å². The molecule has 0 saturated carbocycles. The molecule has 1 aromatic carbocycles. The Morgan fingerprint density at radius 1 is 1.28 bits per heavy atom. The Hall–Kier alpha value is -1.85. The maximum atomic E-state index is 12.3. The fourth-order valence-electron chi connectivity index (χ4n) is 1.27. The van der Waals surface area contributed by atoms with E-state index < -0.39 is 17.7 Å². The third-order valence-corrected chi connectivity index (χ3v) is 2.14. The van der Waals surface area contributed by atoms with Crippen LogP contribution >= 0.6 is 0 Å². The van der Waals surface area contributed by atoms with E-state index in [2.05, 4.69) is 9.73 Å². The molecule has 0 radical (unpaired) electrons. The summed E-state index contributed by atoms with van der Waals surface area (Å²) in [6.07, 6.45) is -4.35. The van der Waals surface area contributed by atoms with E-state index in [0.29, 0.717) is 11.4 Å². The minimum absolute atomic E-state index is 0.0114. The number of alkyl halides is 3. The van der Waals surface area contributed by atoms with Crippen LogP contribution in [0.25, 0.3) is 0 Å². The van der Waals surface area contributed by atoms with E-state index in [9.17, 15) is 18.0 Å². The van der Waals surface area contributed by atoms with Crippen LogP contribution in [0.1, 0.15) is 18.9 Å². The van der Waals surface area contributed by atoms with Crippen LogP contribution in [0.5, 0.6) is 0 Å². The Morgan fingerprint density at radius 2 is 1.83 bits per heavy atom. The molecule has 0 fully saturated rings. The number of rotatable bonds is 3. The van der Waals surface area contributed by atoms with Gasteiger partial charge in [0, 0.05) is 5.71 Å². The van der Waals surface area contributed by atoms with Crippen molar-refractivity contribution in [2.24, 2.45) is 4.99 Å². The standard InChI is InChI=1S/C12H12F3NO2/c1-8(7-11(17)18-2)16-10-5-3-9(4-6-10)12(13,14)15/h3-6H,7H2,1-2H3. The monoisotopic (exact) mass is 259 g/mol. The highest BCUT2D eigenvalue weighted by atomic mass is 19.4. The van der Waals surface area contributed by atoms with Gasteiger partial charge in [-0.2, -0.15) is 13.2 Å². The van der Waals surface area contributed by atoms with Gasteiger partial charge < -0.3 is 4.74 Å². The third kappa shape index (κ3) is 4.20. The molecule has 0 unspecified atom stereocenters. The molecule has 0 aromatic heterocycles. The number of carbonyl (C=O) groups is 1. The second-order valence-corrected chi connectivity index (χ2v) is 3.64. The highest BCUT2D eigenvalue weighted by Crippen LogP contribution is 2.30. The van der Waals surface area contributed by atoms with Crippen LogP contribution in [0.15, 0.2) is 29.3 Å². The van der Waals surface area contributed by atoms with Crippen molar-refractivity contribution in [3.8, 4) is 0 Å². The van der Waals surface area contributed by atoms with Gasteiger partial charge in [0.05, 0.1) is 24.8 Å². The predicted molar refractivity (Wildman–Crippen MR) is 60.8 cm³/mol. The van der Waals surface area contributed by atoms with Gasteiger partial charge >= 0.3 is 12.1 Å². The number of hydrogen-bond donors (Lipinski definition) is 0. The smallest absolute Gasteiger partial charge is 0.416 e. The Labute approximate surface area is 102 Å². The lowest BCUT2D eigenvalue weighted by Crippen LogP contribution is -2.06. The number of hydrogen-bond acceptors (Lipinski definition) is 3. The van der Waals surface area contributed by atoms with Crippen molar-refractivity contribution < 1.29 is 22.7 Å². The Kier molecular flexibility index (Phi) is 4.47. The zero-order valence-electron chi connectivity index (χ0n) is 9.91. The van der Waals surface area contributed by atoms with Crippen LogP contribution in [0.2, 0.25) is 0 Å². The van der Waals surface area contributed by atoms with Gasteiger partial charge in [-0.25, -0.2) is 0 Å². The molecule has 6 heteroatoms. The Balaban J connectivity index is 2.80. The summed E-state index contributed by atoms with van der Waals surface area (Å²) in [6.45, 7) is 1.61. The number of ether oxygens (including phenoxy) is 1. The molecule has 0 aliphatic rings. The van der Waals surface area contributed by atoms with Crippen LogP contribution in [0, 0.1) is 0 Å². The summed E-state index contributed by atoms with van der Waals surface area (Å²) < 4.78 is 41.4. The molecule has 0 atom stereocenters. The lowest BCUT2D eigenvalue weighted by molar-refractivity contribution is -0.139. The average Bonchev–Trinajstić information content (AvgIpc) is 2.28. The summed E-state index contributed by atoms with van der Waals surface area (Å²) in [5.41, 5.74) is 0.109. The highest BCUT2D eigenvalue weighted by molar-refractivity contribution is 5.98. The first-order valence-electron chi connectivity index (χ1n) is 5.11. The van der Waals surface area contributed by atoms with Crippen LogP contribution in [-0.4, -0.2) is 18.8 Å². The van der Waals surface area contributed by atoms with Crippen molar-refractivity contribution in [1.29, 1.82) is 0 Å². The largest absolute Gasteiger partial charge is 0.469 e. The summed E-state index contributed by atoms with van der Waals surface area (Å²) in [7, 11) is 1.26. The predicted octanol–water partition coefficient (Wildman–Crippen LogP) is 3.36. The normalized spacial score (nSPS) is 12.4. The molecular weight excluding hydrogens is 247 g/mol. The molecular formula is C12H12F3NO2. The van der Waals surface area contributed by atoms with E-state index in [-0.39, 0.29) is 6.42 Å². The molecule has 1 aromatic rings. The molecule has 0 bridgehead atoms. The first-order valence-corrected chi connectivity index (χ1v) is 5.11. The molecule has 1 rings (SSSR count). The minimum Gasteiger partial charge on any atom is -0.469 e. The number of halogens is 3. The summed E-state index contributed by atoms with van der Waals surface area (Å²) in [5.74, 6) is -0.442. The number of aliphatic imine (C=N–C) groups is 1. The number of carbonyl (C=O) groups excluding carboxylic acids is 1. The van der Waals surface area contributed by atoms with Gasteiger partial charge in [0.2, 0.25) is 0 Å². The molecule has 0 heterocycles. The minimum atomic E-state index is -4.36. The summed E-state index contributed by atoms with van der Waals surface area (Å²) in [6, 6.07) is 4.40. The van der Waals surface area contributed by atoms with Crippen molar-refractivity contribution in [2.45, 2.75) is 19.5 Å². The molecule has 3 nitrogen and oxygen atoms in total. The Morgan fingerprint density at radius 3 is 2.28 bits per heavy atom. The van der Waals surface area contributed by atoms with Crippen molar-refractivity contribution in [1.82, 2.24) is 0 Å². The zero-order chi connectivity index (χ0) is 13.8. The molecule has 0 spiro atoms. The van der Waals surface area contributed by atoms with E-state index in [1.807, 2.05) is 0 Å². The van der Waals surface area contributed by atoms with E-state index in [0.717, 1.165) is 12.1 Å². The van der Waals surface area contributed by atoms with Crippen LogP contribution in [-0.2, 0) is 15.7 Å². The highest BCUT2D eigenvalue weighted by Gasteiger charge is 2.29. The van der Waals surface area contributed by atoms with Gasteiger partial charge in [0.1, 0.15) is 0 Å². The SMILES string of the molecule is COC(=O)CC(C)=Nc1ccc(C(F)(F)F)cc1. The van der Waals surface area contributed by atoms with Crippen LogP contribution in [0.4, 0.5) is 18.9 Å². The first-order chi connectivity index (χ1) is 8.32. The number of benzene rings is 1. The second kappa shape index (κ2) is 5.66. The molecule has 0 N–H and O–H groups in total. The van der Waals surface area contributed by atoms with Crippen LogP contribution in [0.3, 0.4) is 0 Å². The Bertz CT molecular complexity index is 449. The van der Waals surface area contributed by atoms with Gasteiger partial charge in [-0.1, -0.05) is 0 Å². The van der Waals surface area contributed by atoms with Crippen molar-refractivity contribution in [3.63, 3.8) is 0 Å². The quantitative estimate of drug-likeness (QED) is 0.616. The number of nitrogens with zero attached hydrogens (tertiary/aromatic N) is 1. The van der Waals surface area contributed by atoms with E-state index in [1.54, 1.807) is 6.92 Å². The zero-order valence-corrected chi connectivity index (χ0v) is 9.91. The van der Waals surface area contributed by atoms with E-state index in [1.165, 1.54) is 19.2 Å². The lowest BCUT2D eigenvalue weighted by atomic mass is 10.2. The first kappa shape index (κ1) is 14.2. The van der Waals surface area contributed by atoms with Gasteiger partial charge in [0.25, 0.3) is 0 Å². The fourth-order valence-corrected chi connectivity index (χ4v) is 1.27. The van der Waals surface area contributed by atoms with Gasteiger partial charge in [-0.15, -0.1) is 0 Å². The van der Waals surface area contributed by atoms with E-state index in [4.69, 9.17) is 0 Å². The van der Waals surface area contributed by atoms with Gasteiger partial charge in [-0.05, 0) is 31.2 Å². The topological polar surface area (TPSA) is 38.7 Å². The fraction of sp³-hybridized carbons (Fsp3) is 0.333. The number of methoxy groups -OCH3 is 1. The molecule has 98 valence electrons. The van der Waals surface area contributed by atoms with Crippen molar-refractivity contribution in [3.05, 3.63) is 29.8 Å². The van der Waals surface area contributed by atoms with E-state index >= 15 is 0 Å². The maximum absolute atomic E-state index is 12.3. The average molecular weight is 259 g/mol. The van der Waals surface area contributed by atoms with Crippen molar-refractivity contribution in [2.75, 3.05) is 7.11 Å². The molecule has 0 aliphatic carbocycles. The molecule has 0 aliphatic heterocycles. The second-order valence-electron chi connectivity index (χ2n) is 3.64. The molecule has 0 amide bonds.